The van der Waals surface area contributed by atoms with E-state index in [0.29, 0.717) is 5.56 Å². The Morgan fingerprint density at radius 1 is 1.12 bits per heavy atom. The highest BCUT2D eigenvalue weighted by atomic mass is 16.2. The number of likely N-dealkylation sites (N-methyl/N-ethyl adjacent to an activating group) is 1. The fourth-order valence-electron chi connectivity index (χ4n) is 1.52. The highest BCUT2D eigenvalue weighted by molar-refractivity contribution is 5.96. The maximum Gasteiger partial charge on any atom is 0.251 e. The van der Waals surface area contributed by atoms with Gasteiger partial charge in [0.05, 0.1) is 6.54 Å². The topological polar surface area (TPSA) is 49.4 Å². The fourth-order valence-corrected chi connectivity index (χ4v) is 1.52. The Kier molecular flexibility index (Phi) is 4.26. The molecule has 2 amide bonds. The lowest BCUT2D eigenvalue weighted by Crippen LogP contribution is -2.36. The SMILES string of the molecule is Cc1cc(C)cc(C(=O)NCC(=O)N(C)C)c1. The lowest BCUT2D eigenvalue weighted by Gasteiger charge is -2.11. The minimum Gasteiger partial charge on any atom is -0.347 e. The average molecular weight is 234 g/mol. The number of hydrogen-bond donors (Lipinski definition) is 1. The summed E-state index contributed by atoms with van der Waals surface area (Å²) in [6.45, 7) is 3.91. The lowest BCUT2D eigenvalue weighted by atomic mass is 10.1. The van der Waals surface area contributed by atoms with E-state index in [0.717, 1.165) is 11.1 Å². The first-order valence-corrected chi connectivity index (χ1v) is 5.47. The number of carbonyl (C=O) groups is 2. The zero-order valence-electron chi connectivity index (χ0n) is 10.7. The van der Waals surface area contributed by atoms with Crippen LogP contribution in [0.3, 0.4) is 0 Å². The van der Waals surface area contributed by atoms with Crippen molar-refractivity contribution >= 4 is 11.8 Å². The number of hydrogen-bond acceptors (Lipinski definition) is 2. The molecule has 4 heteroatoms. The fraction of sp³-hybridized carbons (Fsp3) is 0.385. The molecule has 0 aliphatic heterocycles. The molecule has 0 aliphatic rings. The molecule has 0 aliphatic carbocycles. The molecule has 0 saturated heterocycles. The van der Waals surface area contributed by atoms with E-state index in [-0.39, 0.29) is 18.4 Å². The van der Waals surface area contributed by atoms with Crippen LogP contribution in [0.2, 0.25) is 0 Å². The molecular weight excluding hydrogens is 216 g/mol. The Morgan fingerprint density at radius 3 is 2.12 bits per heavy atom. The van der Waals surface area contributed by atoms with Crippen LogP contribution in [-0.4, -0.2) is 37.4 Å². The summed E-state index contributed by atoms with van der Waals surface area (Å²) in [5.74, 6) is -0.338. The molecule has 1 aromatic rings. The highest BCUT2D eigenvalue weighted by Gasteiger charge is 2.09. The van der Waals surface area contributed by atoms with E-state index >= 15 is 0 Å². The second kappa shape index (κ2) is 5.48. The zero-order chi connectivity index (χ0) is 13.0. The van der Waals surface area contributed by atoms with Gasteiger partial charge in [-0.15, -0.1) is 0 Å². The van der Waals surface area contributed by atoms with Gasteiger partial charge in [0, 0.05) is 19.7 Å². The van der Waals surface area contributed by atoms with Crippen LogP contribution in [0, 0.1) is 13.8 Å². The van der Waals surface area contributed by atoms with Gasteiger partial charge in [0.2, 0.25) is 5.91 Å². The molecule has 1 aromatic carbocycles. The number of amides is 2. The third-order valence-corrected chi connectivity index (χ3v) is 2.38. The van der Waals surface area contributed by atoms with Crippen LogP contribution in [0.25, 0.3) is 0 Å². The summed E-state index contributed by atoms with van der Waals surface area (Å²) >= 11 is 0. The summed E-state index contributed by atoms with van der Waals surface area (Å²) in [7, 11) is 3.32. The number of carbonyl (C=O) groups excluding carboxylic acids is 2. The maximum absolute atomic E-state index is 11.8. The predicted octanol–water partition coefficient (Wildman–Crippen LogP) is 1.12. The summed E-state index contributed by atoms with van der Waals surface area (Å²) < 4.78 is 0. The van der Waals surface area contributed by atoms with Gasteiger partial charge >= 0.3 is 0 Å². The maximum atomic E-state index is 11.8. The molecule has 0 heterocycles. The van der Waals surface area contributed by atoms with Crippen LogP contribution in [0.1, 0.15) is 21.5 Å². The van der Waals surface area contributed by atoms with Crippen molar-refractivity contribution in [1.29, 1.82) is 0 Å². The van der Waals surface area contributed by atoms with E-state index < -0.39 is 0 Å². The van der Waals surface area contributed by atoms with Crippen molar-refractivity contribution in [3.05, 3.63) is 34.9 Å². The largest absolute Gasteiger partial charge is 0.347 e. The summed E-state index contributed by atoms with van der Waals surface area (Å²) in [5, 5.41) is 2.60. The number of aryl methyl sites for hydroxylation is 2. The van der Waals surface area contributed by atoms with Gasteiger partial charge < -0.3 is 10.2 Å². The van der Waals surface area contributed by atoms with Crippen molar-refractivity contribution in [3.8, 4) is 0 Å². The van der Waals surface area contributed by atoms with Gasteiger partial charge in [0.1, 0.15) is 0 Å². The lowest BCUT2D eigenvalue weighted by molar-refractivity contribution is -0.127. The van der Waals surface area contributed by atoms with Crippen LogP contribution < -0.4 is 5.32 Å². The van der Waals surface area contributed by atoms with Crippen molar-refractivity contribution in [3.63, 3.8) is 0 Å². The van der Waals surface area contributed by atoms with Gasteiger partial charge in [-0.2, -0.15) is 0 Å². The molecule has 0 unspecified atom stereocenters. The van der Waals surface area contributed by atoms with Gasteiger partial charge in [-0.25, -0.2) is 0 Å². The van der Waals surface area contributed by atoms with Crippen LogP contribution in [-0.2, 0) is 4.79 Å². The molecule has 0 spiro atoms. The highest BCUT2D eigenvalue weighted by Crippen LogP contribution is 2.08. The van der Waals surface area contributed by atoms with Crippen LogP contribution in [0.4, 0.5) is 0 Å². The average Bonchev–Trinajstić information content (AvgIpc) is 2.23. The molecule has 1 N–H and O–H groups in total. The normalized spacial score (nSPS) is 9.88. The summed E-state index contributed by atoms with van der Waals surface area (Å²) in [5.41, 5.74) is 2.66. The number of nitrogens with zero attached hydrogens (tertiary/aromatic N) is 1. The molecular formula is C13H18N2O2. The third kappa shape index (κ3) is 3.90. The molecule has 0 fully saturated rings. The van der Waals surface area contributed by atoms with Gasteiger partial charge in [0.15, 0.2) is 0 Å². The van der Waals surface area contributed by atoms with Crippen molar-refractivity contribution in [2.45, 2.75) is 13.8 Å². The number of nitrogens with one attached hydrogen (secondary N) is 1. The molecule has 0 bridgehead atoms. The molecule has 0 aromatic heterocycles. The van der Waals surface area contributed by atoms with Crippen molar-refractivity contribution in [1.82, 2.24) is 10.2 Å². The quantitative estimate of drug-likeness (QED) is 0.852. The molecule has 92 valence electrons. The number of rotatable bonds is 3. The standard InChI is InChI=1S/C13H18N2O2/c1-9-5-10(2)7-11(6-9)13(17)14-8-12(16)15(3)4/h5-7H,8H2,1-4H3,(H,14,17). The number of benzene rings is 1. The molecule has 0 atom stereocenters. The van der Waals surface area contributed by atoms with E-state index in [1.165, 1.54) is 4.90 Å². The first-order valence-electron chi connectivity index (χ1n) is 5.47. The minimum absolute atomic E-state index is 0.0266. The van der Waals surface area contributed by atoms with Crippen LogP contribution in [0.15, 0.2) is 18.2 Å². The van der Waals surface area contributed by atoms with Gasteiger partial charge in [-0.1, -0.05) is 17.2 Å². The van der Waals surface area contributed by atoms with E-state index in [9.17, 15) is 9.59 Å². The zero-order valence-corrected chi connectivity index (χ0v) is 10.7. The Labute approximate surface area is 102 Å². The second-order valence-corrected chi connectivity index (χ2v) is 4.35. The summed E-state index contributed by atoms with van der Waals surface area (Å²) in [4.78, 5) is 24.6. The molecule has 0 radical (unpaired) electrons. The van der Waals surface area contributed by atoms with Crippen molar-refractivity contribution in [2.24, 2.45) is 0 Å². The second-order valence-electron chi connectivity index (χ2n) is 4.35. The van der Waals surface area contributed by atoms with Crippen LogP contribution >= 0.6 is 0 Å². The molecule has 4 nitrogen and oxygen atoms in total. The summed E-state index contributed by atoms with van der Waals surface area (Å²) in [6, 6.07) is 5.62. The van der Waals surface area contributed by atoms with Crippen LogP contribution in [0.5, 0.6) is 0 Å². The van der Waals surface area contributed by atoms with E-state index in [1.807, 2.05) is 32.0 Å². The Morgan fingerprint density at radius 2 is 1.65 bits per heavy atom. The third-order valence-electron chi connectivity index (χ3n) is 2.38. The summed E-state index contributed by atoms with van der Waals surface area (Å²) in [6.07, 6.45) is 0. The predicted molar refractivity (Wildman–Crippen MR) is 66.9 cm³/mol. The van der Waals surface area contributed by atoms with E-state index in [1.54, 1.807) is 14.1 Å². The van der Waals surface area contributed by atoms with E-state index in [4.69, 9.17) is 0 Å². The first kappa shape index (κ1) is 13.2. The Bertz CT molecular complexity index is 419. The first-order chi connectivity index (χ1) is 7.90. The van der Waals surface area contributed by atoms with Crippen molar-refractivity contribution < 1.29 is 9.59 Å². The monoisotopic (exact) mass is 234 g/mol. The smallest absolute Gasteiger partial charge is 0.251 e. The van der Waals surface area contributed by atoms with E-state index in [2.05, 4.69) is 5.32 Å². The Balaban J connectivity index is 2.67. The van der Waals surface area contributed by atoms with Gasteiger partial charge in [-0.05, 0) is 26.0 Å². The Hall–Kier alpha value is -1.84. The molecule has 17 heavy (non-hydrogen) atoms. The van der Waals surface area contributed by atoms with Gasteiger partial charge in [-0.3, -0.25) is 9.59 Å². The van der Waals surface area contributed by atoms with Crippen molar-refractivity contribution in [2.75, 3.05) is 20.6 Å². The molecule has 1 rings (SSSR count). The molecule has 0 saturated carbocycles. The minimum atomic E-state index is -0.216. The van der Waals surface area contributed by atoms with Gasteiger partial charge in [0.25, 0.3) is 5.91 Å².